The topological polar surface area (TPSA) is 79.1 Å². The van der Waals surface area contributed by atoms with Gasteiger partial charge in [0, 0.05) is 42.9 Å². The van der Waals surface area contributed by atoms with E-state index in [-0.39, 0.29) is 11.2 Å². The summed E-state index contributed by atoms with van der Waals surface area (Å²) in [5, 5.41) is 6.27. The summed E-state index contributed by atoms with van der Waals surface area (Å²) in [6.07, 6.45) is 1.50. The van der Waals surface area contributed by atoms with E-state index in [4.69, 9.17) is 9.40 Å². The van der Waals surface area contributed by atoms with Gasteiger partial charge >= 0.3 is 0 Å². The first kappa shape index (κ1) is 21.8. The minimum Gasteiger partial charge on any atom is -0.441 e. The van der Waals surface area contributed by atoms with Crippen LogP contribution in [0.25, 0.3) is 11.3 Å². The number of rotatable bonds is 5. The number of hydrogen-bond acceptors (Lipinski definition) is 7. The molecular formula is C25H24F2N6O. The van der Waals surface area contributed by atoms with Crippen LogP contribution in [0.3, 0.4) is 0 Å². The maximum Gasteiger partial charge on any atom is 0.231 e. The number of fused-ring (bicyclic) bond motifs is 1. The standard InChI is InChI=1S/C25H24F2N6O/c1-14-29-12-20(34-14)18-10-7-16(11-19(18)27)30-24-31-22(28-4)21-23(32-24)33(13-25(21,2)3)17-8-5-15(26)6-9-17/h5-12H,13H2,1-4H3,(H2,28,30,31,32). The lowest BCUT2D eigenvalue weighted by Gasteiger charge is -2.21. The van der Waals surface area contributed by atoms with Crippen molar-refractivity contribution >= 4 is 29.0 Å². The zero-order valence-electron chi connectivity index (χ0n) is 19.3. The maximum absolute atomic E-state index is 14.8. The summed E-state index contributed by atoms with van der Waals surface area (Å²) in [6, 6.07) is 11.0. The molecule has 1 aliphatic rings. The summed E-state index contributed by atoms with van der Waals surface area (Å²) >= 11 is 0. The van der Waals surface area contributed by atoms with Crippen LogP contribution in [0.15, 0.2) is 53.1 Å². The molecule has 9 heteroatoms. The van der Waals surface area contributed by atoms with Crippen LogP contribution in [0.2, 0.25) is 0 Å². The molecule has 0 saturated heterocycles. The third-order valence-corrected chi connectivity index (χ3v) is 5.86. The number of anilines is 5. The Balaban J connectivity index is 1.52. The fraction of sp³-hybridized carbons (Fsp3) is 0.240. The molecule has 0 amide bonds. The predicted molar refractivity (Wildman–Crippen MR) is 128 cm³/mol. The number of aromatic nitrogens is 3. The van der Waals surface area contributed by atoms with Crippen molar-refractivity contribution in [3.63, 3.8) is 0 Å². The molecule has 5 rings (SSSR count). The van der Waals surface area contributed by atoms with E-state index in [2.05, 4.69) is 34.4 Å². The van der Waals surface area contributed by atoms with Gasteiger partial charge in [0.05, 0.1) is 11.8 Å². The predicted octanol–water partition coefficient (Wildman–Crippen LogP) is 5.93. The highest BCUT2D eigenvalue weighted by Gasteiger charge is 2.40. The van der Waals surface area contributed by atoms with Crippen LogP contribution < -0.4 is 15.5 Å². The molecule has 3 heterocycles. The van der Waals surface area contributed by atoms with Crippen molar-refractivity contribution < 1.29 is 13.2 Å². The average molecular weight is 463 g/mol. The Morgan fingerprint density at radius 3 is 2.47 bits per heavy atom. The molecule has 2 N–H and O–H groups in total. The van der Waals surface area contributed by atoms with Crippen LogP contribution in [-0.2, 0) is 5.41 Å². The maximum atomic E-state index is 14.8. The molecule has 0 atom stereocenters. The number of oxazole rings is 1. The number of benzene rings is 2. The average Bonchev–Trinajstić information content (AvgIpc) is 3.34. The minimum absolute atomic E-state index is 0.246. The molecule has 174 valence electrons. The van der Waals surface area contributed by atoms with Crippen molar-refractivity contribution in [1.29, 1.82) is 0 Å². The van der Waals surface area contributed by atoms with Gasteiger partial charge in [-0.25, -0.2) is 13.8 Å². The van der Waals surface area contributed by atoms with E-state index >= 15 is 0 Å². The summed E-state index contributed by atoms with van der Waals surface area (Å²) in [5.41, 5.74) is 2.36. The summed E-state index contributed by atoms with van der Waals surface area (Å²) in [7, 11) is 1.80. The lowest BCUT2D eigenvalue weighted by Crippen LogP contribution is -2.25. The van der Waals surface area contributed by atoms with Gasteiger partial charge in [-0.3, -0.25) is 0 Å². The Morgan fingerprint density at radius 1 is 1.06 bits per heavy atom. The summed E-state index contributed by atoms with van der Waals surface area (Å²) in [4.78, 5) is 15.5. The second-order valence-corrected chi connectivity index (χ2v) is 8.85. The first-order valence-corrected chi connectivity index (χ1v) is 10.9. The van der Waals surface area contributed by atoms with E-state index in [1.54, 1.807) is 38.2 Å². The van der Waals surface area contributed by atoms with Gasteiger partial charge in [0.15, 0.2) is 11.7 Å². The molecule has 0 spiro atoms. The lowest BCUT2D eigenvalue weighted by atomic mass is 9.88. The molecule has 2 aromatic carbocycles. The monoisotopic (exact) mass is 462 g/mol. The molecule has 0 aliphatic carbocycles. The molecular weight excluding hydrogens is 438 g/mol. The Kier molecular flexibility index (Phi) is 5.19. The van der Waals surface area contributed by atoms with Crippen LogP contribution in [0, 0.1) is 18.6 Å². The zero-order chi connectivity index (χ0) is 24.0. The SMILES string of the molecule is CNc1nc(Nc2ccc(-c3cnc(C)o3)c(F)c2)nc2c1C(C)(C)CN2c1ccc(F)cc1. The van der Waals surface area contributed by atoms with E-state index in [9.17, 15) is 8.78 Å². The Bertz CT molecular complexity index is 1370. The molecule has 34 heavy (non-hydrogen) atoms. The van der Waals surface area contributed by atoms with Crippen molar-refractivity contribution in [3.8, 4) is 11.3 Å². The van der Waals surface area contributed by atoms with Gasteiger partial charge in [-0.05, 0) is 42.5 Å². The Labute approximate surface area is 195 Å². The molecule has 0 fully saturated rings. The highest BCUT2D eigenvalue weighted by atomic mass is 19.1. The van der Waals surface area contributed by atoms with Crippen molar-refractivity contribution in [2.75, 3.05) is 29.1 Å². The molecule has 4 aromatic rings. The van der Waals surface area contributed by atoms with Gasteiger partial charge in [0.1, 0.15) is 23.3 Å². The first-order chi connectivity index (χ1) is 16.2. The second kappa shape index (κ2) is 8.09. The van der Waals surface area contributed by atoms with Gasteiger partial charge in [0.2, 0.25) is 5.95 Å². The van der Waals surface area contributed by atoms with Crippen LogP contribution in [0.5, 0.6) is 0 Å². The van der Waals surface area contributed by atoms with Crippen molar-refractivity contribution in [1.82, 2.24) is 15.0 Å². The highest BCUT2D eigenvalue weighted by molar-refractivity contribution is 5.76. The van der Waals surface area contributed by atoms with Gasteiger partial charge in [0.25, 0.3) is 0 Å². The second-order valence-electron chi connectivity index (χ2n) is 8.85. The molecule has 0 saturated carbocycles. The summed E-state index contributed by atoms with van der Waals surface area (Å²) in [5.74, 6) is 1.79. The number of aryl methyl sites for hydroxylation is 1. The van der Waals surface area contributed by atoms with E-state index in [0.29, 0.717) is 47.0 Å². The van der Waals surface area contributed by atoms with E-state index in [1.807, 2.05) is 4.90 Å². The Morgan fingerprint density at radius 2 is 1.82 bits per heavy atom. The smallest absolute Gasteiger partial charge is 0.231 e. The molecule has 0 radical (unpaired) electrons. The van der Waals surface area contributed by atoms with Crippen LogP contribution >= 0.6 is 0 Å². The zero-order valence-corrected chi connectivity index (χ0v) is 19.3. The molecule has 0 unspecified atom stereocenters. The first-order valence-electron chi connectivity index (χ1n) is 10.9. The fourth-order valence-electron chi connectivity index (χ4n) is 4.30. The van der Waals surface area contributed by atoms with E-state index in [1.165, 1.54) is 24.4 Å². The molecule has 7 nitrogen and oxygen atoms in total. The van der Waals surface area contributed by atoms with Gasteiger partial charge in [-0.1, -0.05) is 13.8 Å². The largest absolute Gasteiger partial charge is 0.441 e. The Hall–Kier alpha value is -4.01. The molecule has 2 aromatic heterocycles. The number of hydrogen-bond donors (Lipinski definition) is 2. The molecule has 1 aliphatic heterocycles. The molecule has 0 bridgehead atoms. The van der Waals surface area contributed by atoms with Crippen LogP contribution in [0.4, 0.5) is 37.7 Å². The van der Waals surface area contributed by atoms with Crippen molar-refractivity contribution in [3.05, 3.63) is 71.8 Å². The van der Waals surface area contributed by atoms with E-state index in [0.717, 1.165) is 11.3 Å². The third-order valence-electron chi connectivity index (χ3n) is 5.86. The fourth-order valence-corrected chi connectivity index (χ4v) is 4.30. The van der Waals surface area contributed by atoms with Crippen LogP contribution in [0.1, 0.15) is 25.3 Å². The van der Waals surface area contributed by atoms with Crippen molar-refractivity contribution in [2.24, 2.45) is 0 Å². The highest BCUT2D eigenvalue weighted by Crippen LogP contribution is 2.46. The summed E-state index contributed by atoms with van der Waals surface area (Å²) in [6.45, 7) is 6.59. The van der Waals surface area contributed by atoms with Crippen molar-refractivity contribution in [2.45, 2.75) is 26.2 Å². The number of halogens is 2. The normalized spacial score (nSPS) is 14.2. The quantitative estimate of drug-likeness (QED) is 0.380. The van der Waals surface area contributed by atoms with Gasteiger partial charge < -0.3 is 20.0 Å². The summed E-state index contributed by atoms with van der Waals surface area (Å²) < 4.78 is 33.8. The lowest BCUT2D eigenvalue weighted by molar-refractivity contribution is 0.528. The number of nitrogens with zero attached hydrogens (tertiary/aromatic N) is 4. The van der Waals surface area contributed by atoms with Gasteiger partial charge in [-0.2, -0.15) is 9.97 Å². The van der Waals surface area contributed by atoms with Gasteiger partial charge in [-0.15, -0.1) is 0 Å². The van der Waals surface area contributed by atoms with E-state index < -0.39 is 5.82 Å². The van der Waals surface area contributed by atoms with Crippen LogP contribution in [-0.4, -0.2) is 28.5 Å². The third kappa shape index (κ3) is 3.83. The number of nitrogens with one attached hydrogen (secondary N) is 2. The minimum atomic E-state index is -0.453.